The number of fused-ring (bicyclic) bond motifs is 1. The summed E-state index contributed by atoms with van der Waals surface area (Å²) >= 11 is 1.64. The standard InChI is InChI=1S/C15H14FN3S/c1-10-7-11(2)19-8-13(18-15(19)17-10)9-20-14-5-3-12(16)4-6-14/h3-8H,9H2,1-2H3. The molecule has 20 heavy (non-hydrogen) atoms. The van der Waals surface area contributed by atoms with Gasteiger partial charge in [0.25, 0.3) is 0 Å². The Morgan fingerprint density at radius 2 is 1.90 bits per heavy atom. The molecule has 3 rings (SSSR count). The summed E-state index contributed by atoms with van der Waals surface area (Å²) in [6.45, 7) is 4.01. The lowest BCUT2D eigenvalue weighted by atomic mass is 10.3. The van der Waals surface area contributed by atoms with Crippen LogP contribution in [0.1, 0.15) is 17.1 Å². The third kappa shape index (κ3) is 2.67. The van der Waals surface area contributed by atoms with Gasteiger partial charge < -0.3 is 0 Å². The van der Waals surface area contributed by atoms with Crippen LogP contribution in [0.25, 0.3) is 5.78 Å². The van der Waals surface area contributed by atoms with E-state index in [0.717, 1.165) is 33.5 Å². The Balaban J connectivity index is 1.81. The molecule has 5 heteroatoms. The molecule has 0 spiro atoms. The predicted octanol–water partition coefficient (Wildman–Crippen LogP) is 3.78. The molecule has 0 N–H and O–H groups in total. The van der Waals surface area contributed by atoms with Crippen LogP contribution in [0.2, 0.25) is 0 Å². The molecule has 2 heterocycles. The van der Waals surface area contributed by atoms with Crippen LogP contribution in [-0.2, 0) is 5.75 Å². The lowest BCUT2D eigenvalue weighted by molar-refractivity contribution is 0.626. The number of hydrogen-bond acceptors (Lipinski definition) is 3. The maximum atomic E-state index is 12.8. The second-order valence-electron chi connectivity index (χ2n) is 4.68. The number of imidazole rings is 1. The van der Waals surface area contributed by atoms with Gasteiger partial charge in [-0.1, -0.05) is 0 Å². The minimum atomic E-state index is -0.211. The molecular weight excluding hydrogens is 273 g/mol. The van der Waals surface area contributed by atoms with Gasteiger partial charge in [0.2, 0.25) is 5.78 Å². The Kier molecular flexibility index (Phi) is 3.44. The zero-order valence-corrected chi connectivity index (χ0v) is 12.1. The first-order valence-electron chi connectivity index (χ1n) is 6.32. The van der Waals surface area contributed by atoms with Crippen molar-refractivity contribution in [3.05, 3.63) is 59.4 Å². The van der Waals surface area contributed by atoms with E-state index in [4.69, 9.17) is 0 Å². The maximum Gasteiger partial charge on any atom is 0.234 e. The molecule has 0 aliphatic heterocycles. The van der Waals surface area contributed by atoms with Gasteiger partial charge in [0, 0.05) is 28.2 Å². The highest BCUT2D eigenvalue weighted by molar-refractivity contribution is 7.98. The Hall–Kier alpha value is -1.88. The molecule has 3 nitrogen and oxygen atoms in total. The van der Waals surface area contributed by atoms with Crippen LogP contribution in [0, 0.1) is 19.7 Å². The van der Waals surface area contributed by atoms with Gasteiger partial charge in [-0.2, -0.15) is 0 Å². The molecule has 0 aliphatic carbocycles. The number of halogens is 1. The van der Waals surface area contributed by atoms with Gasteiger partial charge in [0.1, 0.15) is 5.82 Å². The molecule has 2 aromatic heterocycles. The van der Waals surface area contributed by atoms with E-state index >= 15 is 0 Å². The van der Waals surface area contributed by atoms with Crippen LogP contribution in [-0.4, -0.2) is 14.4 Å². The number of nitrogens with zero attached hydrogens (tertiary/aromatic N) is 3. The second kappa shape index (κ2) is 5.25. The molecule has 102 valence electrons. The fourth-order valence-corrected chi connectivity index (χ4v) is 2.86. The van der Waals surface area contributed by atoms with Gasteiger partial charge >= 0.3 is 0 Å². The van der Waals surface area contributed by atoms with Crippen molar-refractivity contribution in [1.29, 1.82) is 0 Å². The molecule has 0 atom stereocenters. The van der Waals surface area contributed by atoms with E-state index in [0.29, 0.717) is 0 Å². The zero-order chi connectivity index (χ0) is 14.1. The van der Waals surface area contributed by atoms with E-state index in [1.54, 1.807) is 23.9 Å². The second-order valence-corrected chi connectivity index (χ2v) is 5.73. The highest BCUT2D eigenvalue weighted by Gasteiger charge is 2.06. The lowest BCUT2D eigenvalue weighted by Crippen LogP contribution is -1.94. The highest BCUT2D eigenvalue weighted by Crippen LogP contribution is 2.22. The Morgan fingerprint density at radius 1 is 1.15 bits per heavy atom. The molecule has 0 saturated heterocycles. The van der Waals surface area contributed by atoms with Crippen molar-refractivity contribution < 1.29 is 4.39 Å². The van der Waals surface area contributed by atoms with Crippen LogP contribution in [0.5, 0.6) is 0 Å². The molecule has 0 bridgehead atoms. The van der Waals surface area contributed by atoms with Gasteiger partial charge in [-0.3, -0.25) is 4.40 Å². The fraction of sp³-hybridized carbons (Fsp3) is 0.200. The summed E-state index contributed by atoms with van der Waals surface area (Å²) in [5.41, 5.74) is 3.07. The average molecular weight is 287 g/mol. The van der Waals surface area contributed by atoms with Crippen molar-refractivity contribution in [3.63, 3.8) is 0 Å². The molecule has 0 radical (unpaired) electrons. The van der Waals surface area contributed by atoms with Crippen molar-refractivity contribution >= 4 is 17.5 Å². The van der Waals surface area contributed by atoms with E-state index < -0.39 is 0 Å². The average Bonchev–Trinajstić information content (AvgIpc) is 2.81. The zero-order valence-electron chi connectivity index (χ0n) is 11.3. The van der Waals surface area contributed by atoms with Crippen molar-refractivity contribution in [2.45, 2.75) is 24.5 Å². The van der Waals surface area contributed by atoms with Gasteiger partial charge in [-0.15, -0.1) is 11.8 Å². The molecular formula is C15H14FN3S. The van der Waals surface area contributed by atoms with E-state index in [2.05, 4.69) is 9.97 Å². The van der Waals surface area contributed by atoms with Gasteiger partial charge in [-0.05, 0) is 44.2 Å². The van der Waals surface area contributed by atoms with Gasteiger partial charge in [0.15, 0.2) is 0 Å². The first-order valence-corrected chi connectivity index (χ1v) is 7.31. The maximum absolute atomic E-state index is 12.8. The van der Waals surface area contributed by atoms with Gasteiger partial charge in [0.05, 0.1) is 5.69 Å². The normalized spacial score (nSPS) is 11.2. The molecule has 0 saturated carbocycles. The number of aryl methyl sites for hydroxylation is 2. The number of rotatable bonds is 3. The van der Waals surface area contributed by atoms with Crippen LogP contribution >= 0.6 is 11.8 Å². The Labute approximate surface area is 120 Å². The monoisotopic (exact) mass is 287 g/mol. The summed E-state index contributed by atoms with van der Waals surface area (Å²) < 4.78 is 14.8. The van der Waals surface area contributed by atoms with Crippen molar-refractivity contribution in [2.75, 3.05) is 0 Å². The molecule has 3 aromatic rings. The topological polar surface area (TPSA) is 30.2 Å². The summed E-state index contributed by atoms with van der Waals surface area (Å²) in [6, 6.07) is 8.54. The van der Waals surface area contributed by atoms with E-state index in [9.17, 15) is 4.39 Å². The van der Waals surface area contributed by atoms with Crippen molar-refractivity contribution in [1.82, 2.24) is 14.4 Å². The predicted molar refractivity (Wildman–Crippen MR) is 78.4 cm³/mol. The smallest absolute Gasteiger partial charge is 0.234 e. The molecule has 0 fully saturated rings. The molecule has 0 amide bonds. The van der Waals surface area contributed by atoms with E-state index in [1.807, 2.05) is 30.5 Å². The van der Waals surface area contributed by atoms with Crippen molar-refractivity contribution in [3.8, 4) is 0 Å². The Morgan fingerprint density at radius 3 is 2.65 bits per heavy atom. The molecule has 0 aliphatic rings. The number of benzene rings is 1. The number of thioether (sulfide) groups is 1. The summed E-state index contributed by atoms with van der Waals surface area (Å²) in [5, 5.41) is 0. The molecule has 0 unspecified atom stereocenters. The number of hydrogen-bond donors (Lipinski definition) is 0. The van der Waals surface area contributed by atoms with E-state index in [-0.39, 0.29) is 5.82 Å². The Bertz CT molecular complexity index is 750. The van der Waals surface area contributed by atoms with Crippen LogP contribution < -0.4 is 0 Å². The summed E-state index contributed by atoms with van der Waals surface area (Å²) in [7, 11) is 0. The number of aromatic nitrogens is 3. The third-order valence-electron chi connectivity index (χ3n) is 3.01. The minimum absolute atomic E-state index is 0.211. The van der Waals surface area contributed by atoms with Crippen LogP contribution in [0.4, 0.5) is 4.39 Å². The summed E-state index contributed by atoms with van der Waals surface area (Å²) in [6.07, 6.45) is 2.01. The SMILES string of the molecule is Cc1cc(C)n2cc(CSc3ccc(F)cc3)nc2n1. The quantitative estimate of drug-likeness (QED) is 0.687. The van der Waals surface area contributed by atoms with E-state index in [1.165, 1.54) is 12.1 Å². The minimum Gasteiger partial charge on any atom is -0.288 e. The summed E-state index contributed by atoms with van der Waals surface area (Å²) in [5.74, 6) is 1.27. The molecule has 1 aromatic carbocycles. The largest absolute Gasteiger partial charge is 0.288 e. The van der Waals surface area contributed by atoms with Crippen LogP contribution in [0.3, 0.4) is 0 Å². The first-order chi connectivity index (χ1) is 9.61. The summed E-state index contributed by atoms with van der Waals surface area (Å²) in [4.78, 5) is 9.97. The van der Waals surface area contributed by atoms with Gasteiger partial charge in [-0.25, -0.2) is 14.4 Å². The van der Waals surface area contributed by atoms with Crippen LogP contribution in [0.15, 0.2) is 41.4 Å². The first kappa shape index (κ1) is 13.1. The lowest BCUT2D eigenvalue weighted by Gasteiger charge is -1.99. The highest BCUT2D eigenvalue weighted by atomic mass is 32.2. The van der Waals surface area contributed by atoms with Crippen molar-refractivity contribution in [2.24, 2.45) is 0 Å². The fourth-order valence-electron chi connectivity index (χ4n) is 2.08. The third-order valence-corrected chi connectivity index (χ3v) is 4.06.